The number of rotatable bonds is 4. The average Bonchev–Trinajstić information content (AvgIpc) is 3.74. The van der Waals surface area contributed by atoms with E-state index in [-0.39, 0.29) is 5.41 Å². The Labute approximate surface area is 248 Å². The fraction of sp³-hybridized carbons (Fsp3) is 0.143. The molecule has 9 rings (SSSR count). The van der Waals surface area contributed by atoms with Crippen LogP contribution in [-0.4, -0.2) is 0 Å². The van der Waals surface area contributed by atoms with Crippen molar-refractivity contribution >= 4 is 0 Å². The molecule has 0 aliphatic heterocycles. The summed E-state index contributed by atoms with van der Waals surface area (Å²) < 4.78 is 0. The molecule has 0 spiro atoms. The molecule has 0 radical (unpaired) electrons. The Balaban J connectivity index is 1.37. The molecule has 0 N–H and O–H groups in total. The second kappa shape index (κ2) is 8.91. The molecule has 0 amide bonds. The molecule has 6 aromatic carbocycles. The van der Waals surface area contributed by atoms with Gasteiger partial charge in [0.05, 0.1) is 0 Å². The quantitative estimate of drug-likeness (QED) is 0.196. The van der Waals surface area contributed by atoms with E-state index in [0.29, 0.717) is 0 Å². The number of hydrogen-bond donors (Lipinski definition) is 0. The van der Waals surface area contributed by atoms with Crippen molar-refractivity contribution < 1.29 is 0 Å². The Morgan fingerprint density at radius 2 is 0.690 bits per heavy atom. The van der Waals surface area contributed by atoms with Crippen LogP contribution in [0, 0.1) is 0 Å². The Hall–Kier alpha value is -4.68. The van der Waals surface area contributed by atoms with E-state index in [1.807, 2.05) is 0 Å². The predicted octanol–water partition coefficient (Wildman–Crippen LogP) is 10.1. The molecule has 42 heavy (non-hydrogen) atoms. The van der Waals surface area contributed by atoms with Gasteiger partial charge in [-0.1, -0.05) is 134 Å². The normalized spacial score (nSPS) is 13.6. The van der Waals surface area contributed by atoms with Gasteiger partial charge in [0.2, 0.25) is 0 Å². The smallest absolute Gasteiger partial charge is 0.0457 e. The first kappa shape index (κ1) is 24.0. The fourth-order valence-electron chi connectivity index (χ4n) is 8.68. The molecule has 0 heteroatoms. The zero-order valence-electron chi connectivity index (χ0n) is 24.0. The fourth-order valence-corrected chi connectivity index (χ4v) is 8.68. The van der Waals surface area contributed by atoms with Crippen LogP contribution in [0.1, 0.15) is 63.4 Å². The molecule has 0 bridgehead atoms. The van der Waals surface area contributed by atoms with Gasteiger partial charge in [-0.05, 0) is 109 Å². The zero-order valence-corrected chi connectivity index (χ0v) is 24.0. The maximum Gasteiger partial charge on any atom is 0.0457 e. The van der Waals surface area contributed by atoms with E-state index < -0.39 is 0 Å². The van der Waals surface area contributed by atoms with Crippen molar-refractivity contribution in [2.24, 2.45) is 0 Å². The summed E-state index contributed by atoms with van der Waals surface area (Å²) in [6.45, 7) is 2.42. The highest BCUT2D eigenvalue weighted by Gasteiger charge is 2.43. The standard InChI is InChI=1S/C42H32/c1-2-42(39-21-9-18-33-30-15-6-3-12-27(30)24-36(33)39,40-22-10-19-34-31-16-7-4-13-28(31)25-37(34)40)41-23-11-20-35-32-17-8-5-14-29(32)26-38(35)41/h3-23H,2,24-26H2,1H3. The van der Waals surface area contributed by atoms with Gasteiger partial charge in [-0.3, -0.25) is 0 Å². The van der Waals surface area contributed by atoms with Crippen LogP contribution in [0.3, 0.4) is 0 Å². The van der Waals surface area contributed by atoms with Gasteiger partial charge in [0, 0.05) is 5.41 Å². The topological polar surface area (TPSA) is 0 Å². The molecular weight excluding hydrogens is 504 g/mol. The lowest BCUT2D eigenvalue weighted by atomic mass is 9.63. The second-order valence-electron chi connectivity index (χ2n) is 12.3. The highest BCUT2D eigenvalue weighted by atomic mass is 14.5. The van der Waals surface area contributed by atoms with Gasteiger partial charge in [0.15, 0.2) is 0 Å². The largest absolute Gasteiger partial charge is 0.0639 e. The van der Waals surface area contributed by atoms with Gasteiger partial charge in [-0.2, -0.15) is 0 Å². The summed E-state index contributed by atoms with van der Waals surface area (Å²) in [5.41, 5.74) is 21.4. The number of hydrogen-bond acceptors (Lipinski definition) is 0. The van der Waals surface area contributed by atoms with E-state index in [2.05, 4.69) is 134 Å². The summed E-state index contributed by atoms with van der Waals surface area (Å²) in [6.07, 6.45) is 3.98. The van der Waals surface area contributed by atoms with Crippen LogP contribution in [0.5, 0.6) is 0 Å². The molecule has 0 fully saturated rings. The van der Waals surface area contributed by atoms with Crippen LogP contribution < -0.4 is 0 Å². The van der Waals surface area contributed by atoms with Crippen molar-refractivity contribution in [2.45, 2.75) is 38.0 Å². The number of fused-ring (bicyclic) bond motifs is 9. The molecule has 6 aromatic rings. The minimum Gasteiger partial charge on any atom is -0.0639 e. The summed E-state index contributed by atoms with van der Waals surface area (Å²) in [5.74, 6) is 0. The van der Waals surface area contributed by atoms with Gasteiger partial charge in [0.25, 0.3) is 0 Å². The predicted molar refractivity (Wildman–Crippen MR) is 174 cm³/mol. The molecule has 0 saturated heterocycles. The van der Waals surface area contributed by atoms with Gasteiger partial charge in [0.1, 0.15) is 0 Å². The highest BCUT2D eigenvalue weighted by Crippen LogP contribution is 2.54. The van der Waals surface area contributed by atoms with E-state index in [9.17, 15) is 0 Å². The first-order valence-corrected chi connectivity index (χ1v) is 15.4. The Morgan fingerprint density at radius 1 is 0.381 bits per heavy atom. The Kier molecular flexibility index (Phi) is 5.08. The molecule has 0 heterocycles. The van der Waals surface area contributed by atoms with Crippen molar-refractivity contribution in [3.05, 3.63) is 177 Å². The third-order valence-electron chi connectivity index (χ3n) is 10.5. The zero-order chi connectivity index (χ0) is 27.8. The molecule has 0 unspecified atom stereocenters. The van der Waals surface area contributed by atoms with E-state index in [1.165, 1.54) is 83.5 Å². The van der Waals surface area contributed by atoms with E-state index in [0.717, 1.165) is 25.7 Å². The summed E-state index contributed by atoms with van der Waals surface area (Å²) in [4.78, 5) is 0. The van der Waals surface area contributed by atoms with Crippen molar-refractivity contribution in [1.29, 1.82) is 0 Å². The van der Waals surface area contributed by atoms with Crippen LogP contribution in [-0.2, 0) is 24.7 Å². The molecule has 3 aliphatic carbocycles. The molecular formula is C42H32. The van der Waals surface area contributed by atoms with Crippen molar-refractivity contribution in [2.75, 3.05) is 0 Å². The monoisotopic (exact) mass is 536 g/mol. The Morgan fingerprint density at radius 3 is 1.02 bits per heavy atom. The van der Waals surface area contributed by atoms with Crippen molar-refractivity contribution in [3.8, 4) is 33.4 Å². The minimum atomic E-state index is -0.270. The van der Waals surface area contributed by atoms with Gasteiger partial charge in [-0.25, -0.2) is 0 Å². The summed E-state index contributed by atoms with van der Waals surface area (Å²) in [7, 11) is 0. The summed E-state index contributed by atoms with van der Waals surface area (Å²) >= 11 is 0. The summed E-state index contributed by atoms with van der Waals surface area (Å²) in [5, 5.41) is 0. The van der Waals surface area contributed by atoms with Crippen LogP contribution in [0.25, 0.3) is 33.4 Å². The molecule has 0 atom stereocenters. The first-order chi connectivity index (χ1) is 20.8. The Bertz CT molecular complexity index is 1820. The van der Waals surface area contributed by atoms with Crippen molar-refractivity contribution in [3.63, 3.8) is 0 Å². The second-order valence-corrected chi connectivity index (χ2v) is 12.3. The van der Waals surface area contributed by atoms with E-state index in [4.69, 9.17) is 0 Å². The third kappa shape index (κ3) is 3.13. The lowest BCUT2D eigenvalue weighted by molar-refractivity contribution is 0.580. The van der Waals surface area contributed by atoms with Crippen LogP contribution in [0.15, 0.2) is 127 Å². The van der Waals surface area contributed by atoms with Gasteiger partial charge < -0.3 is 0 Å². The van der Waals surface area contributed by atoms with E-state index >= 15 is 0 Å². The van der Waals surface area contributed by atoms with Crippen LogP contribution >= 0.6 is 0 Å². The SMILES string of the molecule is CCC(c1cccc2c1Cc1ccccc1-2)(c1cccc2c1Cc1ccccc1-2)c1cccc2c1Cc1ccccc1-2. The average molecular weight is 537 g/mol. The first-order valence-electron chi connectivity index (χ1n) is 15.4. The number of benzene rings is 6. The maximum absolute atomic E-state index is 2.46. The van der Waals surface area contributed by atoms with Gasteiger partial charge >= 0.3 is 0 Å². The van der Waals surface area contributed by atoms with Crippen LogP contribution in [0.4, 0.5) is 0 Å². The highest BCUT2D eigenvalue weighted by molar-refractivity contribution is 5.84. The summed E-state index contributed by atoms with van der Waals surface area (Å²) in [6, 6.07) is 48.4. The molecule has 3 aliphatic rings. The molecule has 0 nitrogen and oxygen atoms in total. The maximum atomic E-state index is 2.46. The lowest BCUT2D eigenvalue weighted by Gasteiger charge is -2.39. The van der Waals surface area contributed by atoms with Crippen LogP contribution in [0.2, 0.25) is 0 Å². The van der Waals surface area contributed by atoms with E-state index in [1.54, 1.807) is 0 Å². The third-order valence-corrected chi connectivity index (χ3v) is 10.5. The molecule has 200 valence electrons. The van der Waals surface area contributed by atoms with Gasteiger partial charge in [-0.15, -0.1) is 0 Å². The molecule has 0 aromatic heterocycles. The molecule has 0 saturated carbocycles. The minimum absolute atomic E-state index is 0.270. The van der Waals surface area contributed by atoms with Crippen molar-refractivity contribution in [1.82, 2.24) is 0 Å². The lowest BCUT2D eigenvalue weighted by Crippen LogP contribution is -2.32.